The zero-order valence-corrected chi connectivity index (χ0v) is 18.4. The third-order valence-electron chi connectivity index (χ3n) is 5.42. The Morgan fingerprint density at radius 1 is 1.00 bits per heavy atom. The highest BCUT2D eigenvalue weighted by molar-refractivity contribution is 5.89. The lowest BCUT2D eigenvalue weighted by Gasteiger charge is -2.11. The van der Waals surface area contributed by atoms with Crippen molar-refractivity contribution < 1.29 is 0 Å². The molecule has 4 aromatic rings. The lowest BCUT2D eigenvalue weighted by atomic mass is 9.95. The Morgan fingerprint density at radius 3 is 2.61 bits per heavy atom. The second kappa shape index (κ2) is 9.52. The van der Waals surface area contributed by atoms with Crippen LogP contribution in [0.25, 0.3) is 16.9 Å². The molecule has 1 N–H and O–H groups in total. The quantitative estimate of drug-likeness (QED) is 0.375. The number of aromatic nitrogens is 3. The zero-order chi connectivity index (χ0) is 21.6. The van der Waals surface area contributed by atoms with Crippen molar-refractivity contribution in [1.82, 2.24) is 15.0 Å². The summed E-state index contributed by atoms with van der Waals surface area (Å²) >= 11 is 0. The molecule has 2 aromatic carbocycles. The number of pyridine rings is 1. The van der Waals surface area contributed by atoms with Crippen molar-refractivity contribution in [3.05, 3.63) is 101 Å². The maximum Gasteiger partial charge on any atom is 0.178 e. The molecule has 2 aromatic heterocycles. The van der Waals surface area contributed by atoms with Crippen molar-refractivity contribution in [2.75, 3.05) is 0 Å². The van der Waals surface area contributed by atoms with E-state index in [1.54, 1.807) is 6.20 Å². The van der Waals surface area contributed by atoms with Crippen LogP contribution in [0.5, 0.6) is 0 Å². The molecule has 156 valence electrons. The molecule has 0 aliphatic carbocycles. The van der Waals surface area contributed by atoms with E-state index in [9.17, 15) is 0 Å². The van der Waals surface area contributed by atoms with Gasteiger partial charge in [-0.05, 0) is 62.4 Å². The van der Waals surface area contributed by atoms with Gasteiger partial charge in [0.25, 0.3) is 0 Å². The molecule has 0 fully saturated rings. The highest BCUT2D eigenvalue weighted by atomic mass is 15.0. The summed E-state index contributed by atoms with van der Waals surface area (Å²) in [7, 11) is 0. The molecular weight excluding hydrogens is 380 g/mol. The molecule has 0 radical (unpaired) electrons. The van der Waals surface area contributed by atoms with Gasteiger partial charge in [-0.25, -0.2) is 9.97 Å². The van der Waals surface area contributed by atoms with E-state index >= 15 is 0 Å². The minimum absolute atomic E-state index is 0.714. The van der Waals surface area contributed by atoms with E-state index in [1.807, 2.05) is 25.1 Å². The van der Waals surface area contributed by atoms with Crippen molar-refractivity contribution in [3.8, 4) is 0 Å². The average molecular weight is 409 g/mol. The van der Waals surface area contributed by atoms with Crippen LogP contribution in [0, 0.1) is 6.92 Å². The number of nitrogens with zero attached hydrogens (tertiary/aromatic N) is 3. The molecule has 0 spiro atoms. The smallest absolute Gasteiger partial charge is 0.178 e. The number of benzene rings is 2. The first-order chi connectivity index (χ1) is 15.1. The van der Waals surface area contributed by atoms with E-state index in [0.29, 0.717) is 5.65 Å². The van der Waals surface area contributed by atoms with Gasteiger partial charge in [-0.1, -0.05) is 60.2 Å². The molecular formula is C27H28N4. The van der Waals surface area contributed by atoms with Gasteiger partial charge in [0, 0.05) is 18.3 Å². The lowest BCUT2D eigenvalue weighted by Crippen LogP contribution is -2.04. The normalized spacial score (nSPS) is 12.5. The Hall–Kier alpha value is -3.53. The number of allylic oxidation sites excluding steroid dienone is 1. The van der Waals surface area contributed by atoms with E-state index in [1.165, 1.54) is 22.3 Å². The molecule has 0 saturated carbocycles. The standard InChI is InChI=1S/C27H28N4/c1-4-24(27-30-25-11-8-16-28-26(25)31-27)29-20(3)18-23-17-19(2)12-14-22(23)15-13-21-9-6-5-7-10-21/h4-12,14,16-17H,13,15,18H2,1-3H3,(H,28,30,31)/b24-4-,29-20?. The van der Waals surface area contributed by atoms with Crippen molar-refractivity contribution in [2.45, 2.75) is 40.0 Å². The van der Waals surface area contributed by atoms with Crippen LogP contribution in [-0.2, 0) is 19.3 Å². The van der Waals surface area contributed by atoms with Crippen LogP contribution in [0.1, 0.15) is 41.9 Å². The predicted octanol–water partition coefficient (Wildman–Crippen LogP) is 6.12. The van der Waals surface area contributed by atoms with Gasteiger partial charge in [-0.2, -0.15) is 0 Å². The molecule has 31 heavy (non-hydrogen) atoms. The van der Waals surface area contributed by atoms with E-state index in [2.05, 4.69) is 77.3 Å². The molecule has 4 rings (SSSR count). The largest absolute Gasteiger partial charge is 0.335 e. The predicted molar refractivity (Wildman–Crippen MR) is 129 cm³/mol. The highest BCUT2D eigenvalue weighted by Crippen LogP contribution is 2.20. The van der Waals surface area contributed by atoms with Crippen LogP contribution in [0.3, 0.4) is 0 Å². The first-order valence-corrected chi connectivity index (χ1v) is 10.8. The molecule has 0 unspecified atom stereocenters. The molecule has 4 nitrogen and oxygen atoms in total. The van der Waals surface area contributed by atoms with Crippen LogP contribution in [0.4, 0.5) is 0 Å². The Balaban J connectivity index is 1.54. The van der Waals surface area contributed by atoms with E-state index in [0.717, 1.165) is 42.0 Å². The Bertz CT molecular complexity index is 1200. The van der Waals surface area contributed by atoms with Gasteiger partial charge in [0.2, 0.25) is 0 Å². The zero-order valence-electron chi connectivity index (χ0n) is 18.4. The number of H-pyrrole nitrogens is 1. The summed E-state index contributed by atoms with van der Waals surface area (Å²) in [6, 6.07) is 21.3. The first kappa shape index (κ1) is 20.7. The molecule has 0 amide bonds. The Labute approximate surface area is 183 Å². The molecule has 0 aliphatic heterocycles. The summed E-state index contributed by atoms with van der Waals surface area (Å²) < 4.78 is 0. The third-order valence-corrected chi connectivity index (χ3v) is 5.42. The van der Waals surface area contributed by atoms with Crippen LogP contribution < -0.4 is 0 Å². The number of aliphatic imine (C=N–C) groups is 1. The summed E-state index contributed by atoms with van der Waals surface area (Å²) in [6.07, 6.45) is 6.64. The van der Waals surface area contributed by atoms with Gasteiger partial charge in [0.15, 0.2) is 11.5 Å². The number of rotatable bonds is 7. The van der Waals surface area contributed by atoms with Crippen molar-refractivity contribution in [2.24, 2.45) is 4.99 Å². The minimum Gasteiger partial charge on any atom is -0.335 e. The molecule has 4 heteroatoms. The third kappa shape index (κ3) is 5.15. The number of imidazole rings is 1. The van der Waals surface area contributed by atoms with Crippen LogP contribution >= 0.6 is 0 Å². The number of fused-ring (bicyclic) bond motifs is 1. The topological polar surface area (TPSA) is 53.9 Å². The Kier molecular flexibility index (Phi) is 6.37. The second-order valence-electron chi connectivity index (χ2n) is 7.92. The molecule has 0 bridgehead atoms. The first-order valence-electron chi connectivity index (χ1n) is 10.8. The van der Waals surface area contributed by atoms with Gasteiger partial charge in [0.05, 0.1) is 5.52 Å². The molecule has 0 saturated heterocycles. The summed E-state index contributed by atoms with van der Waals surface area (Å²) in [4.78, 5) is 17.1. The Morgan fingerprint density at radius 2 is 1.84 bits per heavy atom. The van der Waals surface area contributed by atoms with Gasteiger partial charge < -0.3 is 4.98 Å². The minimum atomic E-state index is 0.714. The fraction of sp³-hybridized carbons (Fsp3) is 0.222. The average Bonchev–Trinajstić information content (AvgIpc) is 3.22. The molecule has 0 aliphatic rings. The summed E-state index contributed by atoms with van der Waals surface area (Å²) in [5.41, 5.74) is 8.92. The number of hydrogen-bond acceptors (Lipinski definition) is 3. The van der Waals surface area contributed by atoms with E-state index in [-0.39, 0.29) is 0 Å². The fourth-order valence-electron chi connectivity index (χ4n) is 3.83. The van der Waals surface area contributed by atoms with Gasteiger partial charge in [-0.15, -0.1) is 0 Å². The molecule has 2 heterocycles. The maximum atomic E-state index is 4.90. The van der Waals surface area contributed by atoms with Crippen molar-refractivity contribution in [1.29, 1.82) is 0 Å². The number of hydrogen-bond donors (Lipinski definition) is 1. The molecule has 0 atom stereocenters. The SMILES string of the molecule is C/C=C(\N=C(C)Cc1cc(C)ccc1CCc1ccccc1)c1nc2ncccc2[nH]1. The maximum absolute atomic E-state index is 4.90. The van der Waals surface area contributed by atoms with Crippen LogP contribution in [0.2, 0.25) is 0 Å². The van der Waals surface area contributed by atoms with Crippen LogP contribution in [-0.4, -0.2) is 20.7 Å². The van der Waals surface area contributed by atoms with Gasteiger partial charge >= 0.3 is 0 Å². The monoisotopic (exact) mass is 408 g/mol. The second-order valence-corrected chi connectivity index (χ2v) is 7.92. The fourth-order valence-corrected chi connectivity index (χ4v) is 3.83. The van der Waals surface area contributed by atoms with Gasteiger partial charge in [-0.3, -0.25) is 4.99 Å². The van der Waals surface area contributed by atoms with Gasteiger partial charge in [0.1, 0.15) is 5.70 Å². The number of aryl methyl sites for hydroxylation is 3. The number of nitrogens with one attached hydrogen (secondary N) is 1. The highest BCUT2D eigenvalue weighted by Gasteiger charge is 2.10. The van der Waals surface area contributed by atoms with E-state index in [4.69, 9.17) is 4.99 Å². The summed E-state index contributed by atoms with van der Waals surface area (Å²) in [5.74, 6) is 0.754. The van der Waals surface area contributed by atoms with Crippen LogP contribution in [0.15, 0.2) is 77.9 Å². The van der Waals surface area contributed by atoms with Crippen molar-refractivity contribution in [3.63, 3.8) is 0 Å². The van der Waals surface area contributed by atoms with Crippen molar-refractivity contribution >= 4 is 22.6 Å². The summed E-state index contributed by atoms with van der Waals surface area (Å²) in [6.45, 7) is 6.23. The lowest BCUT2D eigenvalue weighted by molar-refractivity contribution is 0.942. The summed E-state index contributed by atoms with van der Waals surface area (Å²) in [5, 5.41) is 0. The van der Waals surface area contributed by atoms with E-state index < -0.39 is 0 Å². The number of aromatic amines is 1.